The van der Waals surface area contributed by atoms with Crippen LogP contribution in [0.1, 0.15) is 36.8 Å². The Morgan fingerprint density at radius 2 is 1.85 bits per heavy atom. The predicted octanol–water partition coefficient (Wildman–Crippen LogP) is 2.81. The minimum Gasteiger partial charge on any atom is -0.445 e. The lowest BCUT2D eigenvalue weighted by molar-refractivity contribution is 0.139. The van der Waals surface area contributed by atoms with Gasteiger partial charge in [0.15, 0.2) is 0 Å². The highest BCUT2D eigenvalue weighted by Gasteiger charge is 2.23. The Morgan fingerprint density at radius 3 is 2.55 bits per heavy atom. The molecule has 0 spiro atoms. The summed E-state index contributed by atoms with van der Waals surface area (Å²) in [7, 11) is -4.04. The lowest BCUT2D eigenvalue weighted by Gasteiger charge is -2.13. The zero-order valence-corrected chi connectivity index (χ0v) is 18.4. The van der Waals surface area contributed by atoms with Gasteiger partial charge < -0.3 is 14.6 Å². The molecule has 0 fully saturated rings. The summed E-state index contributed by atoms with van der Waals surface area (Å²) < 4.78 is 48.8. The fourth-order valence-electron chi connectivity index (χ4n) is 2.96. The molecule has 176 valence electrons. The molecule has 1 atom stereocenters. The van der Waals surface area contributed by atoms with Crippen LogP contribution in [0.2, 0.25) is 0 Å². The van der Waals surface area contributed by atoms with E-state index in [4.69, 9.17) is 14.4 Å². The SMILES string of the molecule is NS(=O)(=O)NC(CCCCNC(=O)OCc1ccccc1)c1nc(-c2ccc(F)cc2)no1. The first-order valence-corrected chi connectivity index (χ1v) is 11.7. The van der Waals surface area contributed by atoms with Crippen LogP contribution in [0, 0.1) is 5.82 Å². The Kier molecular flexibility index (Phi) is 8.46. The van der Waals surface area contributed by atoms with Gasteiger partial charge in [0.2, 0.25) is 11.7 Å². The average Bonchev–Trinajstić information content (AvgIpc) is 3.27. The summed E-state index contributed by atoms with van der Waals surface area (Å²) in [5.41, 5.74) is 1.39. The van der Waals surface area contributed by atoms with Crippen LogP contribution in [-0.4, -0.2) is 31.2 Å². The Morgan fingerprint density at radius 1 is 1.12 bits per heavy atom. The minimum atomic E-state index is -4.04. The van der Waals surface area contributed by atoms with Gasteiger partial charge in [-0.15, -0.1) is 0 Å². The molecule has 3 rings (SSSR count). The number of ether oxygens (including phenoxy) is 1. The summed E-state index contributed by atoms with van der Waals surface area (Å²) >= 11 is 0. The highest BCUT2D eigenvalue weighted by atomic mass is 32.2. The Balaban J connectivity index is 1.48. The van der Waals surface area contributed by atoms with Gasteiger partial charge in [0.1, 0.15) is 18.5 Å². The van der Waals surface area contributed by atoms with Gasteiger partial charge in [0.25, 0.3) is 10.2 Å². The molecule has 0 saturated carbocycles. The van der Waals surface area contributed by atoms with Crippen molar-refractivity contribution in [3.05, 3.63) is 71.9 Å². The van der Waals surface area contributed by atoms with Crippen molar-refractivity contribution in [1.29, 1.82) is 0 Å². The number of hydrogen-bond acceptors (Lipinski definition) is 7. The number of halogens is 1. The molecule has 2 aromatic carbocycles. The van der Waals surface area contributed by atoms with Gasteiger partial charge in [-0.3, -0.25) is 0 Å². The van der Waals surface area contributed by atoms with E-state index in [1.807, 2.05) is 30.3 Å². The van der Waals surface area contributed by atoms with Crippen molar-refractivity contribution >= 4 is 16.3 Å². The van der Waals surface area contributed by atoms with Crippen LogP contribution in [0.25, 0.3) is 11.4 Å². The number of nitrogens with one attached hydrogen (secondary N) is 2. The standard InChI is InChI=1S/C21H24FN5O5S/c22-17-11-9-16(10-12-17)19-25-20(32-26-19)18(27-33(23,29)30)8-4-5-13-24-21(28)31-14-15-6-2-1-3-7-15/h1-3,6-7,9-12,18,27H,4-5,8,13-14H2,(H,24,28)(H2,23,29,30). The van der Waals surface area contributed by atoms with E-state index >= 15 is 0 Å². The lowest BCUT2D eigenvalue weighted by atomic mass is 10.1. The number of benzene rings is 2. The second kappa shape index (κ2) is 11.5. The fraction of sp³-hybridized carbons (Fsp3) is 0.286. The number of alkyl carbamates (subject to hydrolysis) is 1. The molecule has 4 N–H and O–H groups in total. The van der Waals surface area contributed by atoms with Crippen LogP contribution in [0.15, 0.2) is 59.1 Å². The van der Waals surface area contributed by atoms with E-state index in [1.165, 1.54) is 24.3 Å². The van der Waals surface area contributed by atoms with E-state index in [-0.39, 0.29) is 18.3 Å². The molecule has 1 amide bonds. The van der Waals surface area contributed by atoms with Gasteiger partial charge in [-0.05, 0) is 49.1 Å². The molecule has 0 radical (unpaired) electrons. The largest absolute Gasteiger partial charge is 0.445 e. The molecule has 0 aliphatic rings. The van der Waals surface area contributed by atoms with Crippen LogP contribution >= 0.6 is 0 Å². The molecular weight excluding hydrogens is 453 g/mol. The van der Waals surface area contributed by atoms with Crippen molar-refractivity contribution < 1.29 is 26.9 Å². The molecule has 10 nitrogen and oxygen atoms in total. The number of nitrogens with zero attached hydrogens (tertiary/aromatic N) is 2. The summed E-state index contributed by atoms with van der Waals surface area (Å²) in [6.45, 7) is 0.501. The second-order valence-corrected chi connectivity index (χ2v) is 8.49. The summed E-state index contributed by atoms with van der Waals surface area (Å²) in [5.74, 6) is -0.193. The normalized spacial score (nSPS) is 12.3. The van der Waals surface area contributed by atoms with E-state index in [9.17, 15) is 17.6 Å². The van der Waals surface area contributed by atoms with Crippen molar-refractivity contribution in [2.24, 2.45) is 5.14 Å². The number of carbonyl (C=O) groups excluding carboxylic acids is 1. The van der Waals surface area contributed by atoms with Crippen molar-refractivity contribution in [2.45, 2.75) is 31.9 Å². The zero-order valence-electron chi connectivity index (χ0n) is 17.6. The number of aromatic nitrogens is 2. The summed E-state index contributed by atoms with van der Waals surface area (Å²) in [4.78, 5) is 16.0. The number of unbranched alkanes of at least 4 members (excludes halogenated alkanes) is 1. The van der Waals surface area contributed by atoms with Gasteiger partial charge >= 0.3 is 6.09 Å². The topological polar surface area (TPSA) is 149 Å². The van der Waals surface area contributed by atoms with E-state index in [2.05, 4.69) is 20.2 Å². The third kappa shape index (κ3) is 8.25. The molecule has 1 unspecified atom stereocenters. The highest BCUT2D eigenvalue weighted by molar-refractivity contribution is 7.87. The molecule has 3 aromatic rings. The van der Waals surface area contributed by atoms with Gasteiger partial charge in [-0.2, -0.15) is 18.1 Å². The molecular formula is C21H24FN5O5S. The second-order valence-electron chi connectivity index (χ2n) is 7.16. The molecule has 33 heavy (non-hydrogen) atoms. The van der Waals surface area contributed by atoms with Gasteiger partial charge in [0.05, 0.1) is 0 Å². The number of carbonyl (C=O) groups is 1. The molecule has 0 aliphatic heterocycles. The quantitative estimate of drug-likeness (QED) is 0.359. The Hall–Kier alpha value is -3.35. The Bertz CT molecular complexity index is 1140. The first kappa shape index (κ1) is 24.3. The number of amides is 1. The third-order valence-electron chi connectivity index (χ3n) is 4.55. The zero-order chi connectivity index (χ0) is 23.7. The average molecular weight is 478 g/mol. The Labute approximate surface area is 190 Å². The summed E-state index contributed by atoms with van der Waals surface area (Å²) in [6.07, 6.45) is 0.809. The van der Waals surface area contributed by atoms with Crippen LogP contribution in [0.3, 0.4) is 0 Å². The summed E-state index contributed by atoms with van der Waals surface area (Å²) in [6, 6.07) is 13.9. The van der Waals surface area contributed by atoms with E-state index < -0.39 is 28.2 Å². The molecule has 0 bridgehead atoms. The summed E-state index contributed by atoms with van der Waals surface area (Å²) in [5, 5.41) is 11.6. The lowest BCUT2D eigenvalue weighted by Crippen LogP contribution is -2.34. The van der Waals surface area contributed by atoms with E-state index in [0.29, 0.717) is 31.4 Å². The molecule has 12 heteroatoms. The maximum absolute atomic E-state index is 13.1. The van der Waals surface area contributed by atoms with Crippen LogP contribution in [0.4, 0.5) is 9.18 Å². The molecule has 0 aliphatic carbocycles. The van der Waals surface area contributed by atoms with Gasteiger partial charge in [-0.1, -0.05) is 35.5 Å². The monoisotopic (exact) mass is 477 g/mol. The number of nitrogens with two attached hydrogens (primary N) is 1. The van der Waals surface area contributed by atoms with Crippen LogP contribution in [-0.2, 0) is 21.6 Å². The van der Waals surface area contributed by atoms with Crippen molar-refractivity contribution in [2.75, 3.05) is 6.54 Å². The van der Waals surface area contributed by atoms with E-state index in [0.717, 1.165) is 5.56 Å². The maximum atomic E-state index is 13.1. The third-order valence-corrected chi connectivity index (χ3v) is 5.16. The predicted molar refractivity (Wildman–Crippen MR) is 117 cm³/mol. The van der Waals surface area contributed by atoms with Crippen molar-refractivity contribution in [1.82, 2.24) is 20.2 Å². The van der Waals surface area contributed by atoms with Crippen LogP contribution < -0.4 is 15.2 Å². The van der Waals surface area contributed by atoms with Crippen LogP contribution in [0.5, 0.6) is 0 Å². The fourth-order valence-corrected chi connectivity index (χ4v) is 3.58. The smallest absolute Gasteiger partial charge is 0.407 e. The highest BCUT2D eigenvalue weighted by Crippen LogP contribution is 2.22. The minimum absolute atomic E-state index is 0.0265. The van der Waals surface area contributed by atoms with Crippen molar-refractivity contribution in [3.63, 3.8) is 0 Å². The molecule has 1 aromatic heterocycles. The van der Waals surface area contributed by atoms with E-state index in [1.54, 1.807) is 0 Å². The molecule has 1 heterocycles. The molecule has 0 saturated heterocycles. The van der Waals surface area contributed by atoms with Gasteiger partial charge in [-0.25, -0.2) is 14.3 Å². The van der Waals surface area contributed by atoms with Gasteiger partial charge in [0, 0.05) is 12.1 Å². The maximum Gasteiger partial charge on any atom is 0.407 e. The first-order valence-electron chi connectivity index (χ1n) is 10.1. The van der Waals surface area contributed by atoms with Crippen molar-refractivity contribution in [3.8, 4) is 11.4 Å². The first-order chi connectivity index (χ1) is 15.8. The number of hydrogen-bond donors (Lipinski definition) is 3. The number of rotatable bonds is 11.